The number of ether oxygens (including phenoxy) is 1. The van der Waals surface area contributed by atoms with Gasteiger partial charge in [0.25, 0.3) is 5.91 Å². The molecule has 2 aliphatic heterocycles. The van der Waals surface area contributed by atoms with Crippen LogP contribution in [0.15, 0.2) is 24.4 Å². The number of carbonyl (C=O) groups is 3. The van der Waals surface area contributed by atoms with Gasteiger partial charge in [0.15, 0.2) is 5.69 Å². The first-order chi connectivity index (χ1) is 19.3. The van der Waals surface area contributed by atoms with Crippen molar-refractivity contribution in [1.82, 2.24) is 20.1 Å². The highest BCUT2D eigenvalue weighted by Gasteiger charge is 2.52. The first-order valence-corrected chi connectivity index (χ1v) is 12.9. The van der Waals surface area contributed by atoms with Crippen molar-refractivity contribution in [2.75, 3.05) is 10.6 Å². The largest absolute Gasteiger partial charge is 0.471 e. The number of nitrogens with one attached hydrogen (secondary N) is 3. The fourth-order valence-electron chi connectivity index (χ4n) is 5.25. The third-order valence-electron chi connectivity index (χ3n) is 6.95. The van der Waals surface area contributed by atoms with Gasteiger partial charge in [0, 0.05) is 7.05 Å². The van der Waals surface area contributed by atoms with Crippen molar-refractivity contribution < 1.29 is 46.2 Å². The van der Waals surface area contributed by atoms with Gasteiger partial charge >= 0.3 is 18.2 Å². The molecular formula is C24H21F5N6O5S. The number of carboxylic acid groups (broad SMARTS) is 1. The van der Waals surface area contributed by atoms with E-state index in [0.717, 1.165) is 18.2 Å². The highest BCUT2D eigenvalue weighted by molar-refractivity contribution is 7.19. The molecule has 2 fully saturated rings. The molecule has 1 aromatic carbocycles. The number of alkyl halides is 3. The molecule has 0 spiro atoms. The van der Waals surface area contributed by atoms with Crippen LogP contribution in [-0.2, 0) is 22.2 Å². The van der Waals surface area contributed by atoms with E-state index in [-0.39, 0.29) is 28.5 Å². The number of aryl methyl sites for hydroxylation is 1. The minimum Gasteiger partial charge on any atom is -0.465 e. The zero-order valence-electron chi connectivity index (χ0n) is 21.0. The molecule has 218 valence electrons. The zero-order chi connectivity index (χ0) is 29.7. The maximum absolute atomic E-state index is 14.4. The maximum Gasteiger partial charge on any atom is 0.471 e. The Hall–Kier alpha value is -4.12. The average molecular weight is 601 g/mol. The number of fused-ring (bicyclic) bond motifs is 2. The highest BCUT2D eigenvalue weighted by Crippen LogP contribution is 2.50. The summed E-state index contributed by atoms with van der Waals surface area (Å²) in [5.74, 6) is -4.89. The Morgan fingerprint density at radius 2 is 1.83 bits per heavy atom. The average Bonchev–Trinajstić information content (AvgIpc) is 3.56. The van der Waals surface area contributed by atoms with Crippen LogP contribution in [0, 0.1) is 11.6 Å². The normalized spacial score (nSPS) is 21.9. The lowest BCUT2D eigenvalue weighted by Crippen LogP contribution is -2.51. The maximum atomic E-state index is 14.4. The molecule has 41 heavy (non-hydrogen) atoms. The molecule has 4 heterocycles. The Morgan fingerprint density at radius 3 is 2.49 bits per heavy atom. The quantitative estimate of drug-likeness (QED) is 0.307. The standard InChI is InChI=1S/C24H21F5N6O5S/c1-35-17(23-7-5-12(14(40-23)6-8-23)32-21(37)24(27,28)29)13(9-30-35)31-18(36)16-20(34-22(38)39)41-19(33-16)15-10(25)3-2-4-11(15)26/h2-4,9,12,14,34H,5-8H2,1H3,(H,31,36)(H,32,37)(H,38,39). The second-order valence-electron chi connectivity index (χ2n) is 9.51. The number of aromatic nitrogens is 3. The number of amides is 3. The lowest BCUT2D eigenvalue weighted by molar-refractivity contribution is -0.177. The van der Waals surface area contributed by atoms with E-state index >= 15 is 0 Å². The number of anilines is 2. The summed E-state index contributed by atoms with van der Waals surface area (Å²) in [5, 5.41) is 19.4. The summed E-state index contributed by atoms with van der Waals surface area (Å²) in [6, 6.07) is 2.26. The van der Waals surface area contributed by atoms with Gasteiger partial charge in [-0.1, -0.05) is 17.4 Å². The van der Waals surface area contributed by atoms with Gasteiger partial charge in [0.2, 0.25) is 0 Å². The van der Waals surface area contributed by atoms with Crippen LogP contribution in [0.2, 0.25) is 0 Å². The van der Waals surface area contributed by atoms with Crippen molar-refractivity contribution in [3.63, 3.8) is 0 Å². The van der Waals surface area contributed by atoms with E-state index in [9.17, 15) is 41.4 Å². The van der Waals surface area contributed by atoms with Crippen LogP contribution < -0.4 is 16.0 Å². The van der Waals surface area contributed by atoms with Crippen LogP contribution in [-0.4, -0.2) is 56.1 Å². The molecule has 4 N–H and O–H groups in total. The molecule has 2 saturated heterocycles. The monoisotopic (exact) mass is 600 g/mol. The zero-order valence-corrected chi connectivity index (χ0v) is 21.8. The Bertz CT molecular complexity index is 1520. The van der Waals surface area contributed by atoms with Gasteiger partial charge in [-0.05, 0) is 37.8 Å². The van der Waals surface area contributed by atoms with Gasteiger partial charge in [-0.15, -0.1) is 0 Å². The molecule has 11 nitrogen and oxygen atoms in total. The van der Waals surface area contributed by atoms with Gasteiger partial charge < -0.3 is 20.5 Å². The molecule has 3 aromatic rings. The second kappa shape index (κ2) is 10.4. The molecule has 0 aliphatic carbocycles. The Morgan fingerprint density at radius 1 is 1.15 bits per heavy atom. The number of hydrogen-bond acceptors (Lipinski definition) is 7. The molecule has 3 atom stereocenters. The lowest BCUT2D eigenvalue weighted by atomic mass is 9.89. The molecule has 2 aliphatic rings. The number of halogens is 5. The van der Waals surface area contributed by atoms with Crippen LogP contribution in [0.5, 0.6) is 0 Å². The first kappa shape index (κ1) is 28.4. The third-order valence-corrected chi connectivity index (χ3v) is 7.94. The Balaban J connectivity index is 1.41. The summed E-state index contributed by atoms with van der Waals surface area (Å²) in [7, 11) is 1.58. The fraction of sp³-hybridized carbons (Fsp3) is 0.375. The van der Waals surface area contributed by atoms with Crippen LogP contribution >= 0.6 is 11.3 Å². The summed E-state index contributed by atoms with van der Waals surface area (Å²) >= 11 is 0.559. The van der Waals surface area contributed by atoms with Crippen molar-refractivity contribution >= 4 is 39.9 Å². The van der Waals surface area contributed by atoms with E-state index in [1.54, 1.807) is 7.05 Å². The van der Waals surface area contributed by atoms with Crippen LogP contribution in [0.4, 0.5) is 37.4 Å². The summed E-state index contributed by atoms with van der Waals surface area (Å²) in [6.07, 6.45) is -4.91. The van der Waals surface area contributed by atoms with E-state index in [4.69, 9.17) is 4.74 Å². The summed E-state index contributed by atoms with van der Waals surface area (Å²) in [5.41, 5.74) is -1.47. The van der Waals surface area contributed by atoms with Crippen LogP contribution in [0.1, 0.15) is 41.9 Å². The Kier molecular flexibility index (Phi) is 7.19. The van der Waals surface area contributed by atoms with E-state index in [2.05, 4.69) is 15.4 Å². The lowest BCUT2D eigenvalue weighted by Gasteiger charge is -2.38. The van der Waals surface area contributed by atoms with Gasteiger partial charge in [-0.2, -0.15) is 18.3 Å². The molecule has 5 rings (SSSR count). The second-order valence-corrected chi connectivity index (χ2v) is 10.5. The summed E-state index contributed by atoms with van der Waals surface area (Å²) in [6.45, 7) is 0. The van der Waals surface area contributed by atoms with E-state index < -0.39 is 64.7 Å². The Labute approximate surface area is 231 Å². The molecule has 3 unspecified atom stereocenters. The number of carbonyl (C=O) groups excluding carboxylic acids is 2. The SMILES string of the molecule is Cn1ncc(NC(=O)c2nc(-c3c(F)cccc3F)sc2NC(=O)O)c1C12CCC(NC(=O)C(F)(F)F)C(CC1)O2. The predicted octanol–water partition coefficient (Wildman–Crippen LogP) is 4.38. The minimum absolute atomic E-state index is 0.156. The predicted molar refractivity (Wildman–Crippen MR) is 133 cm³/mol. The van der Waals surface area contributed by atoms with Crippen molar-refractivity contribution in [3.05, 3.63) is 47.4 Å². The number of hydrogen-bond donors (Lipinski definition) is 4. The molecular weight excluding hydrogens is 579 g/mol. The highest BCUT2D eigenvalue weighted by atomic mass is 32.1. The van der Waals surface area contributed by atoms with Crippen molar-refractivity contribution in [2.45, 2.75) is 49.6 Å². The molecule has 2 aromatic heterocycles. The van der Waals surface area contributed by atoms with Crippen molar-refractivity contribution in [3.8, 4) is 10.6 Å². The molecule has 3 amide bonds. The number of thiazole rings is 1. The summed E-state index contributed by atoms with van der Waals surface area (Å²) < 4.78 is 74.6. The summed E-state index contributed by atoms with van der Waals surface area (Å²) in [4.78, 5) is 40.2. The van der Waals surface area contributed by atoms with Gasteiger partial charge in [0.05, 0.1) is 35.3 Å². The van der Waals surface area contributed by atoms with E-state index in [0.29, 0.717) is 29.9 Å². The number of rotatable bonds is 6. The smallest absolute Gasteiger partial charge is 0.465 e. The van der Waals surface area contributed by atoms with Gasteiger partial charge in [0.1, 0.15) is 27.2 Å². The fourth-order valence-corrected chi connectivity index (χ4v) is 6.25. The minimum atomic E-state index is -5.03. The third kappa shape index (κ3) is 5.33. The van der Waals surface area contributed by atoms with Crippen LogP contribution in [0.3, 0.4) is 0 Å². The van der Waals surface area contributed by atoms with E-state index in [1.165, 1.54) is 10.9 Å². The molecule has 0 radical (unpaired) electrons. The number of nitrogens with zero attached hydrogens (tertiary/aromatic N) is 3. The van der Waals surface area contributed by atoms with E-state index in [1.807, 2.05) is 10.6 Å². The molecule has 0 saturated carbocycles. The van der Waals surface area contributed by atoms with Crippen molar-refractivity contribution in [1.29, 1.82) is 0 Å². The topological polar surface area (TPSA) is 147 Å². The molecule has 17 heteroatoms. The van der Waals surface area contributed by atoms with Crippen molar-refractivity contribution in [2.24, 2.45) is 7.05 Å². The van der Waals surface area contributed by atoms with Crippen LogP contribution in [0.25, 0.3) is 10.6 Å². The number of benzene rings is 1. The van der Waals surface area contributed by atoms with Gasteiger partial charge in [-0.25, -0.2) is 18.6 Å². The molecule has 2 bridgehead atoms. The van der Waals surface area contributed by atoms with Gasteiger partial charge in [-0.3, -0.25) is 19.6 Å². The first-order valence-electron chi connectivity index (χ1n) is 12.1.